The van der Waals surface area contributed by atoms with Crippen molar-refractivity contribution in [3.8, 4) is 0 Å². The lowest BCUT2D eigenvalue weighted by molar-refractivity contribution is 0.102. The number of carbonyl (C=O) groups is 1. The van der Waals surface area contributed by atoms with Crippen molar-refractivity contribution in [2.45, 2.75) is 6.92 Å². The summed E-state index contributed by atoms with van der Waals surface area (Å²) in [6.45, 7) is 2.00. The third-order valence-electron chi connectivity index (χ3n) is 3.39. The maximum Gasteiger partial charge on any atom is 0.274 e. The molecular weight excluding hydrogens is 368 g/mol. The molecule has 2 N–H and O–H groups in total. The zero-order chi connectivity index (χ0) is 16.9. The van der Waals surface area contributed by atoms with Crippen LogP contribution in [0.1, 0.15) is 16.1 Å². The minimum Gasteiger partial charge on any atom is -0.340 e. The van der Waals surface area contributed by atoms with Crippen LogP contribution in [0.3, 0.4) is 0 Å². The first kappa shape index (κ1) is 16.1. The van der Waals surface area contributed by atoms with E-state index < -0.39 is 0 Å². The fraction of sp³-hybridized carbons (Fsp3) is 0.0556. The van der Waals surface area contributed by atoms with E-state index in [0.717, 1.165) is 15.7 Å². The molecule has 0 atom stereocenters. The lowest BCUT2D eigenvalue weighted by atomic mass is 10.2. The van der Waals surface area contributed by atoms with Gasteiger partial charge in [-0.3, -0.25) is 4.79 Å². The maximum atomic E-state index is 12.4. The molecule has 0 fully saturated rings. The van der Waals surface area contributed by atoms with E-state index in [-0.39, 0.29) is 5.91 Å². The first-order chi connectivity index (χ1) is 11.6. The van der Waals surface area contributed by atoms with E-state index in [1.807, 2.05) is 55.5 Å². The predicted molar refractivity (Wildman–Crippen MR) is 98.6 cm³/mol. The van der Waals surface area contributed by atoms with Crippen LogP contribution in [0.2, 0.25) is 0 Å². The van der Waals surface area contributed by atoms with E-state index in [1.54, 1.807) is 6.07 Å². The van der Waals surface area contributed by atoms with Gasteiger partial charge in [0.15, 0.2) is 0 Å². The average molecular weight is 383 g/mol. The van der Waals surface area contributed by atoms with Gasteiger partial charge in [0.05, 0.1) is 0 Å². The minimum absolute atomic E-state index is 0.289. The number of nitrogens with one attached hydrogen (secondary N) is 2. The van der Waals surface area contributed by atoms with Gasteiger partial charge in [-0.1, -0.05) is 40.2 Å². The van der Waals surface area contributed by atoms with Gasteiger partial charge in [0.25, 0.3) is 5.91 Å². The molecule has 0 saturated carbocycles. The van der Waals surface area contributed by atoms with Crippen molar-refractivity contribution < 1.29 is 4.79 Å². The Hall–Kier alpha value is -2.73. The molecule has 6 heteroatoms. The number of rotatable bonds is 4. The van der Waals surface area contributed by atoms with Crippen molar-refractivity contribution in [2.24, 2.45) is 0 Å². The summed E-state index contributed by atoms with van der Waals surface area (Å²) in [5.41, 5.74) is 3.02. The Morgan fingerprint density at radius 3 is 2.67 bits per heavy atom. The van der Waals surface area contributed by atoms with Gasteiger partial charge in [0.1, 0.15) is 17.8 Å². The highest BCUT2D eigenvalue weighted by Gasteiger charge is 2.10. The van der Waals surface area contributed by atoms with Crippen LogP contribution in [-0.2, 0) is 0 Å². The molecule has 120 valence electrons. The standard InChI is InChI=1S/C18H15BrN4O/c1-12-5-2-3-8-15(12)23-17-10-16(20-11-21-17)18(24)22-14-7-4-6-13(19)9-14/h2-11H,1H3,(H,22,24)(H,20,21,23). The molecule has 5 nitrogen and oxygen atoms in total. The number of halogens is 1. The SMILES string of the molecule is Cc1ccccc1Nc1cc(C(=O)Nc2cccc(Br)c2)ncn1. The molecule has 3 rings (SSSR count). The molecule has 2 aromatic carbocycles. The van der Waals surface area contributed by atoms with Gasteiger partial charge in [0.2, 0.25) is 0 Å². The third kappa shape index (κ3) is 3.97. The van der Waals surface area contributed by atoms with Gasteiger partial charge in [-0.05, 0) is 36.8 Å². The van der Waals surface area contributed by atoms with Crippen LogP contribution in [0.5, 0.6) is 0 Å². The monoisotopic (exact) mass is 382 g/mol. The van der Waals surface area contributed by atoms with Crippen LogP contribution in [0.25, 0.3) is 0 Å². The highest BCUT2D eigenvalue weighted by atomic mass is 79.9. The van der Waals surface area contributed by atoms with E-state index in [2.05, 4.69) is 36.5 Å². The first-order valence-corrected chi connectivity index (χ1v) is 8.13. The Labute approximate surface area is 148 Å². The number of aromatic nitrogens is 2. The van der Waals surface area contributed by atoms with E-state index in [0.29, 0.717) is 17.2 Å². The molecule has 0 spiro atoms. The number of hydrogen-bond acceptors (Lipinski definition) is 4. The molecule has 1 heterocycles. The quantitative estimate of drug-likeness (QED) is 0.694. The molecular formula is C18H15BrN4O. The van der Waals surface area contributed by atoms with Crippen LogP contribution in [0.4, 0.5) is 17.2 Å². The van der Waals surface area contributed by atoms with E-state index in [1.165, 1.54) is 6.33 Å². The molecule has 1 aromatic heterocycles. The number of hydrogen-bond donors (Lipinski definition) is 2. The molecule has 1 amide bonds. The fourth-order valence-electron chi connectivity index (χ4n) is 2.16. The molecule has 0 aliphatic rings. The smallest absolute Gasteiger partial charge is 0.274 e. The third-order valence-corrected chi connectivity index (χ3v) is 3.88. The second-order valence-electron chi connectivity index (χ2n) is 5.19. The predicted octanol–water partition coefficient (Wildman–Crippen LogP) is 4.54. The summed E-state index contributed by atoms with van der Waals surface area (Å²) in [6.07, 6.45) is 1.37. The van der Waals surface area contributed by atoms with Crippen LogP contribution < -0.4 is 10.6 Å². The van der Waals surface area contributed by atoms with Crippen molar-refractivity contribution in [1.29, 1.82) is 0 Å². The van der Waals surface area contributed by atoms with Gasteiger partial charge < -0.3 is 10.6 Å². The van der Waals surface area contributed by atoms with E-state index >= 15 is 0 Å². The minimum atomic E-state index is -0.289. The molecule has 0 bridgehead atoms. The second kappa shape index (κ2) is 7.23. The number of para-hydroxylation sites is 1. The molecule has 0 saturated heterocycles. The summed E-state index contributed by atoms with van der Waals surface area (Å²) in [4.78, 5) is 20.6. The molecule has 0 aliphatic heterocycles. The van der Waals surface area contributed by atoms with Crippen LogP contribution >= 0.6 is 15.9 Å². The van der Waals surface area contributed by atoms with Gasteiger partial charge in [-0.25, -0.2) is 9.97 Å². The Morgan fingerprint density at radius 1 is 1.04 bits per heavy atom. The Bertz CT molecular complexity index is 882. The highest BCUT2D eigenvalue weighted by Crippen LogP contribution is 2.19. The molecule has 24 heavy (non-hydrogen) atoms. The van der Waals surface area contributed by atoms with Crippen molar-refractivity contribution in [2.75, 3.05) is 10.6 Å². The normalized spacial score (nSPS) is 10.2. The van der Waals surface area contributed by atoms with Crippen molar-refractivity contribution in [3.63, 3.8) is 0 Å². The first-order valence-electron chi connectivity index (χ1n) is 7.33. The summed E-state index contributed by atoms with van der Waals surface area (Å²) in [5, 5.41) is 6.02. The van der Waals surface area contributed by atoms with E-state index in [4.69, 9.17) is 0 Å². The number of anilines is 3. The van der Waals surface area contributed by atoms with E-state index in [9.17, 15) is 4.79 Å². The summed E-state index contributed by atoms with van der Waals surface area (Å²) in [7, 11) is 0. The van der Waals surface area contributed by atoms with Crippen LogP contribution in [0, 0.1) is 6.92 Å². The van der Waals surface area contributed by atoms with Crippen molar-refractivity contribution >= 4 is 39.0 Å². The van der Waals surface area contributed by atoms with Gasteiger partial charge in [0, 0.05) is 21.9 Å². The fourth-order valence-corrected chi connectivity index (χ4v) is 2.56. The van der Waals surface area contributed by atoms with Gasteiger partial charge >= 0.3 is 0 Å². The topological polar surface area (TPSA) is 66.9 Å². The number of aryl methyl sites for hydroxylation is 1. The summed E-state index contributed by atoms with van der Waals surface area (Å²) in [6, 6.07) is 16.9. The lowest BCUT2D eigenvalue weighted by Crippen LogP contribution is -2.14. The average Bonchev–Trinajstić information content (AvgIpc) is 2.57. The summed E-state index contributed by atoms with van der Waals surface area (Å²) in [5.74, 6) is 0.280. The number of benzene rings is 2. The zero-order valence-electron chi connectivity index (χ0n) is 13.0. The highest BCUT2D eigenvalue weighted by molar-refractivity contribution is 9.10. The van der Waals surface area contributed by atoms with Gasteiger partial charge in [-0.2, -0.15) is 0 Å². The molecule has 3 aromatic rings. The maximum absolute atomic E-state index is 12.4. The number of amides is 1. The molecule has 0 radical (unpaired) electrons. The lowest BCUT2D eigenvalue weighted by Gasteiger charge is -2.09. The van der Waals surface area contributed by atoms with Crippen LogP contribution in [0.15, 0.2) is 65.4 Å². The number of nitrogens with zero attached hydrogens (tertiary/aromatic N) is 2. The largest absolute Gasteiger partial charge is 0.340 e. The molecule has 0 aliphatic carbocycles. The van der Waals surface area contributed by atoms with Crippen LogP contribution in [-0.4, -0.2) is 15.9 Å². The van der Waals surface area contributed by atoms with Gasteiger partial charge in [-0.15, -0.1) is 0 Å². The van der Waals surface area contributed by atoms with Crippen molar-refractivity contribution in [1.82, 2.24) is 9.97 Å². The molecule has 0 unspecified atom stereocenters. The summed E-state index contributed by atoms with van der Waals surface area (Å²) >= 11 is 3.38. The Balaban J connectivity index is 1.77. The van der Waals surface area contributed by atoms with Crippen molar-refractivity contribution in [3.05, 3.63) is 76.7 Å². The second-order valence-corrected chi connectivity index (χ2v) is 6.11. The Morgan fingerprint density at radius 2 is 1.88 bits per heavy atom. The summed E-state index contributed by atoms with van der Waals surface area (Å²) < 4.78 is 0.893. The zero-order valence-corrected chi connectivity index (χ0v) is 14.5. The Kier molecular flexibility index (Phi) is 4.86. The number of carbonyl (C=O) groups excluding carboxylic acids is 1.